The first-order chi connectivity index (χ1) is 22.4. The molecule has 1 aliphatic heterocycles. The van der Waals surface area contributed by atoms with Crippen molar-refractivity contribution in [2.45, 2.75) is 23.0 Å². The number of fused-ring (bicyclic) bond motifs is 2. The van der Waals surface area contributed by atoms with Crippen LogP contribution in [0.1, 0.15) is 24.3 Å². The summed E-state index contributed by atoms with van der Waals surface area (Å²) < 4.78 is 8.23. The molecule has 8 nitrogen and oxygen atoms in total. The van der Waals surface area contributed by atoms with E-state index in [4.69, 9.17) is 9.41 Å². The first-order valence-electron chi connectivity index (χ1n) is 14.6. The molecule has 10 heteroatoms. The van der Waals surface area contributed by atoms with E-state index in [1.54, 1.807) is 16.8 Å². The second-order valence-electron chi connectivity index (χ2n) is 11.0. The first-order valence-corrected chi connectivity index (χ1v) is 16.3. The summed E-state index contributed by atoms with van der Waals surface area (Å²) in [5.74, 6) is 0.240. The number of carbonyl (C=O) groups excluding carboxylic acids is 1. The molecule has 228 valence electrons. The predicted molar refractivity (Wildman–Crippen MR) is 184 cm³/mol. The van der Waals surface area contributed by atoms with E-state index in [1.165, 1.54) is 23.1 Å². The molecule has 46 heavy (non-hydrogen) atoms. The molecule has 6 aromatic rings. The monoisotopic (exact) mass is 643 g/mol. The highest BCUT2D eigenvalue weighted by atomic mass is 32.2. The zero-order chi connectivity index (χ0) is 31.8. The Bertz CT molecular complexity index is 2300. The van der Waals surface area contributed by atoms with Gasteiger partial charge in [0.25, 0.3) is 11.5 Å². The van der Waals surface area contributed by atoms with Crippen molar-refractivity contribution >= 4 is 57.4 Å². The van der Waals surface area contributed by atoms with Gasteiger partial charge in [0.05, 0.1) is 27.4 Å². The Kier molecular flexibility index (Phi) is 7.90. The molecule has 0 saturated heterocycles. The van der Waals surface area contributed by atoms with Crippen LogP contribution in [-0.2, 0) is 4.79 Å². The molecule has 0 fully saturated rings. The highest BCUT2D eigenvalue weighted by Gasteiger charge is 2.32. The number of hydrogen-bond donors (Lipinski definition) is 1. The number of pyridine rings is 1. The fourth-order valence-corrected chi connectivity index (χ4v) is 7.40. The topological polar surface area (TPSA) is 92.7 Å². The molecule has 3 aromatic carbocycles. The minimum Gasteiger partial charge on any atom is -0.450 e. The normalized spacial score (nSPS) is 14.7. The lowest BCUT2D eigenvalue weighted by molar-refractivity contribution is -0.113. The Balaban J connectivity index is 1.27. The molecule has 4 heterocycles. The summed E-state index contributed by atoms with van der Waals surface area (Å²) in [6.07, 6.45) is 3.52. The molecule has 0 spiro atoms. The molecule has 0 saturated carbocycles. The van der Waals surface area contributed by atoms with E-state index in [2.05, 4.69) is 10.3 Å². The van der Waals surface area contributed by atoms with E-state index in [9.17, 15) is 9.59 Å². The van der Waals surface area contributed by atoms with Crippen LogP contribution < -0.4 is 25.1 Å². The van der Waals surface area contributed by atoms with Gasteiger partial charge in [0.1, 0.15) is 5.76 Å². The van der Waals surface area contributed by atoms with Crippen molar-refractivity contribution in [3.63, 3.8) is 0 Å². The second-order valence-corrected chi connectivity index (χ2v) is 13.0. The number of aromatic nitrogens is 2. The molecule has 1 N–H and O–H groups in total. The number of anilines is 2. The number of hydrogen-bond acceptors (Lipinski definition) is 8. The van der Waals surface area contributed by atoms with Crippen LogP contribution in [0.25, 0.3) is 17.0 Å². The van der Waals surface area contributed by atoms with Crippen LogP contribution in [0.15, 0.2) is 139 Å². The Hall–Kier alpha value is -5.19. The van der Waals surface area contributed by atoms with Crippen molar-refractivity contribution in [3.05, 3.63) is 146 Å². The number of amides is 1. The number of benzene rings is 3. The van der Waals surface area contributed by atoms with Crippen LogP contribution in [0.3, 0.4) is 0 Å². The van der Waals surface area contributed by atoms with Crippen LogP contribution >= 0.6 is 23.1 Å². The van der Waals surface area contributed by atoms with Crippen molar-refractivity contribution in [2.75, 3.05) is 24.3 Å². The Morgan fingerprint density at radius 1 is 0.978 bits per heavy atom. The van der Waals surface area contributed by atoms with Gasteiger partial charge in [-0.25, -0.2) is 4.99 Å². The van der Waals surface area contributed by atoms with Gasteiger partial charge in [-0.2, -0.15) is 0 Å². The lowest BCUT2D eigenvalue weighted by atomic mass is 9.95. The quantitative estimate of drug-likeness (QED) is 0.222. The molecule has 0 radical (unpaired) electrons. The number of allylic oxidation sites excluding steroid dienone is 1. The Morgan fingerprint density at radius 3 is 2.54 bits per heavy atom. The number of furan rings is 1. The highest BCUT2D eigenvalue weighted by molar-refractivity contribution is 7.99. The van der Waals surface area contributed by atoms with Crippen molar-refractivity contribution in [2.24, 2.45) is 4.99 Å². The number of thiazole rings is 1. The van der Waals surface area contributed by atoms with Gasteiger partial charge in [-0.05, 0) is 72.8 Å². The standard InChI is InChI=1S/C36H29N5O3S2/c1-22-31(34(42)39-25-11-5-4-6-12-25)33(24-14-16-26(17-15-24)40(2)3)41-35(43)29(46-36(41)38-22)21-27-18-19-30(44-27)45-28-13-7-9-23-10-8-20-37-32(23)28/h4-21,33H,1-3H3,(H,39,42)/b29-21-/t33-/m1/s1. The maximum absolute atomic E-state index is 14.1. The molecular formula is C36H29N5O3S2. The summed E-state index contributed by atoms with van der Waals surface area (Å²) in [6, 6.07) is 30.2. The molecule has 0 unspecified atom stereocenters. The minimum atomic E-state index is -0.667. The molecule has 1 atom stereocenters. The summed E-state index contributed by atoms with van der Waals surface area (Å²) in [6.45, 7) is 1.82. The average molecular weight is 644 g/mol. The van der Waals surface area contributed by atoms with Crippen LogP contribution in [0.5, 0.6) is 0 Å². The second kappa shape index (κ2) is 12.3. The number of nitrogens with one attached hydrogen (secondary N) is 1. The Labute approximate surface area is 273 Å². The summed E-state index contributed by atoms with van der Waals surface area (Å²) in [5.41, 5.74) is 4.13. The van der Waals surface area contributed by atoms with Crippen LogP contribution in [0, 0.1) is 0 Å². The lowest BCUT2D eigenvalue weighted by Gasteiger charge is -2.26. The number of para-hydroxylation sites is 2. The number of carbonyl (C=O) groups is 1. The molecule has 1 aliphatic rings. The third kappa shape index (κ3) is 5.68. The van der Waals surface area contributed by atoms with Gasteiger partial charge in [-0.1, -0.05) is 59.9 Å². The average Bonchev–Trinajstić information content (AvgIpc) is 3.63. The zero-order valence-corrected chi connectivity index (χ0v) is 26.9. The van der Waals surface area contributed by atoms with Crippen LogP contribution in [0.4, 0.5) is 11.4 Å². The van der Waals surface area contributed by atoms with Gasteiger partial charge in [0.2, 0.25) is 0 Å². The van der Waals surface area contributed by atoms with Gasteiger partial charge in [0.15, 0.2) is 9.89 Å². The highest BCUT2D eigenvalue weighted by Crippen LogP contribution is 2.34. The maximum Gasteiger partial charge on any atom is 0.271 e. The van der Waals surface area contributed by atoms with E-state index in [0.717, 1.165) is 27.0 Å². The van der Waals surface area contributed by atoms with Crippen molar-refractivity contribution in [1.82, 2.24) is 9.55 Å². The fraction of sp³-hybridized carbons (Fsp3) is 0.111. The molecule has 0 aliphatic carbocycles. The molecule has 3 aromatic heterocycles. The number of rotatable bonds is 7. The van der Waals surface area contributed by atoms with Gasteiger partial charge >= 0.3 is 0 Å². The molecule has 1 amide bonds. The van der Waals surface area contributed by atoms with Gasteiger partial charge in [-0.3, -0.25) is 19.1 Å². The van der Waals surface area contributed by atoms with Crippen LogP contribution in [0.2, 0.25) is 0 Å². The van der Waals surface area contributed by atoms with Crippen molar-refractivity contribution in [3.8, 4) is 0 Å². The number of nitrogens with zero attached hydrogens (tertiary/aromatic N) is 4. The zero-order valence-electron chi connectivity index (χ0n) is 25.3. The summed E-state index contributed by atoms with van der Waals surface area (Å²) in [5, 5.41) is 4.74. The predicted octanol–water partition coefficient (Wildman–Crippen LogP) is 6.23. The van der Waals surface area contributed by atoms with Crippen molar-refractivity contribution < 1.29 is 9.21 Å². The summed E-state index contributed by atoms with van der Waals surface area (Å²) in [4.78, 5) is 40.7. The van der Waals surface area contributed by atoms with E-state index in [0.29, 0.717) is 37.1 Å². The molecule has 0 bridgehead atoms. The van der Waals surface area contributed by atoms with E-state index < -0.39 is 6.04 Å². The molecule has 7 rings (SSSR count). The fourth-order valence-electron chi connectivity index (χ4n) is 5.46. The van der Waals surface area contributed by atoms with Crippen molar-refractivity contribution in [1.29, 1.82) is 0 Å². The largest absolute Gasteiger partial charge is 0.450 e. The first kappa shape index (κ1) is 29.5. The maximum atomic E-state index is 14.1. The third-order valence-corrected chi connectivity index (χ3v) is 9.66. The SMILES string of the molecule is CC1=C(C(=O)Nc2ccccc2)[C@@H](c2ccc(N(C)C)cc2)n2c(s/c(=C\c3ccc(Sc4cccc5cccnc45)o3)c2=O)=N1. The van der Waals surface area contributed by atoms with Gasteiger partial charge in [-0.15, -0.1) is 0 Å². The van der Waals surface area contributed by atoms with Gasteiger partial charge in [0, 0.05) is 48.0 Å². The lowest BCUT2D eigenvalue weighted by Crippen LogP contribution is -2.40. The molecular weight excluding hydrogens is 615 g/mol. The third-order valence-electron chi connectivity index (χ3n) is 7.70. The van der Waals surface area contributed by atoms with Crippen LogP contribution in [-0.4, -0.2) is 29.6 Å². The van der Waals surface area contributed by atoms with Gasteiger partial charge < -0.3 is 14.6 Å². The summed E-state index contributed by atoms with van der Waals surface area (Å²) in [7, 11) is 3.94. The minimum absolute atomic E-state index is 0.244. The van der Waals surface area contributed by atoms with E-state index >= 15 is 0 Å². The smallest absolute Gasteiger partial charge is 0.271 e. The Morgan fingerprint density at radius 2 is 1.76 bits per heavy atom. The van der Waals surface area contributed by atoms with E-state index in [-0.39, 0.29) is 11.5 Å². The summed E-state index contributed by atoms with van der Waals surface area (Å²) >= 11 is 2.76. The van der Waals surface area contributed by atoms with E-state index in [1.807, 2.05) is 123 Å².